The third-order valence-electron chi connectivity index (χ3n) is 12.9. The molecular formula is C56H38OSi. The maximum Gasteiger partial charge on any atom is 0.135 e. The van der Waals surface area contributed by atoms with Crippen LogP contribution in [-0.4, -0.2) is 8.07 Å². The minimum Gasteiger partial charge on any atom is -0.456 e. The van der Waals surface area contributed by atoms with Crippen LogP contribution < -0.4 is 10.4 Å². The highest BCUT2D eigenvalue weighted by Gasteiger charge is 2.37. The average Bonchev–Trinajstić information content (AvgIpc) is 3.76. The molecular weight excluding hydrogens is 717 g/mol. The van der Waals surface area contributed by atoms with Gasteiger partial charge in [0, 0.05) is 10.8 Å². The molecule has 0 atom stereocenters. The van der Waals surface area contributed by atoms with Crippen LogP contribution in [0.3, 0.4) is 0 Å². The van der Waals surface area contributed by atoms with Crippen LogP contribution in [0.5, 0.6) is 0 Å². The molecule has 0 radical (unpaired) electrons. The van der Waals surface area contributed by atoms with Crippen molar-refractivity contribution in [3.63, 3.8) is 0 Å². The summed E-state index contributed by atoms with van der Waals surface area (Å²) >= 11 is 0. The number of hydrogen-bond acceptors (Lipinski definition) is 1. The van der Waals surface area contributed by atoms with E-state index in [2.05, 4.69) is 201 Å². The lowest BCUT2D eigenvalue weighted by molar-refractivity contribution is 0.669. The van der Waals surface area contributed by atoms with Crippen molar-refractivity contribution in [2.75, 3.05) is 0 Å². The molecule has 1 nitrogen and oxygen atoms in total. The zero-order valence-electron chi connectivity index (χ0n) is 32.4. The van der Waals surface area contributed by atoms with Gasteiger partial charge in [0.2, 0.25) is 0 Å². The van der Waals surface area contributed by atoms with E-state index in [9.17, 15) is 0 Å². The van der Waals surface area contributed by atoms with Gasteiger partial charge in [-0.1, -0.05) is 177 Å². The fourth-order valence-corrected chi connectivity index (χ4v) is 13.2. The quantitative estimate of drug-likeness (QED) is 0.129. The van der Waals surface area contributed by atoms with Gasteiger partial charge in [0.1, 0.15) is 19.2 Å². The number of benzene rings is 10. The van der Waals surface area contributed by atoms with Crippen LogP contribution in [0.1, 0.15) is 0 Å². The van der Waals surface area contributed by atoms with Crippen molar-refractivity contribution in [1.82, 2.24) is 0 Å². The molecule has 0 amide bonds. The average molecular weight is 755 g/mol. The first-order valence-corrected chi connectivity index (χ1v) is 23.3. The Morgan fingerprint density at radius 3 is 1.60 bits per heavy atom. The predicted octanol–water partition coefficient (Wildman–Crippen LogP) is 14.5. The summed E-state index contributed by atoms with van der Waals surface area (Å²) in [5.41, 5.74) is 14.4. The molecule has 11 aromatic rings. The Kier molecular flexibility index (Phi) is 7.15. The number of furan rings is 1. The summed E-state index contributed by atoms with van der Waals surface area (Å²) in [5.74, 6) is 0. The number of rotatable bonds is 4. The topological polar surface area (TPSA) is 13.1 Å². The van der Waals surface area contributed by atoms with Gasteiger partial charge in [0.05, 0.1) is 0 Å². The zero-order valence-corrected chi connectivity index (χ0v) is 33.4. The van der Waals surface area contributed by atoms with E-state index in [0.717, 1.165) is 27.5 Å². The van der Waals surface area contributed by atoms with E-state index in [0.29, 0.717) is 0 Å². The molecule has 12 rings (SSSR count). The Balaban J connectivity index is 1.18. The normalized spacial score (nSPS) is 13.1. The second-order valence-electron chi connectivity index (χ2n) is 16.4. The van der Waals surface area contributed by atoms with Gasteiger partial charge < -0.3 is 4.42 Å². The lowest BCUT2D eigenvalue weighted by Gasteiger charge is -2.23. The van der Waals surface area contributed by atoms with Crippen molar-refractivity contribution < 1.29 is 4.42 Å². The van der Waals surface area contributed by atoms with Gasteiger partial charge in [-0.25, -0.2) is 0 Å². The van der Waals surface area contributed by atoms with Gasteiger partial charge in [-0.05, 0) is 129 Å². The first kappa shape index (κ1) is 33.2. The van der Waals surface area contributed by atoms with Crippen LogP contribution in [0, 0.1) is 0 Å². The SMILES string of the molecule is C[Si]1(C)c2ccccc2-c2cc(-c3c4ccccc4c(-c4c(-c5ccc6ccccc6c5)cccc4-c4ccc5oc6ccccc6c5c4)c4ccccc34)ccc21. The van der Waals surface area contributed by atoms with Crippen molar-refractivity contribution >= 4 is 72.7 Å². The van der Waals surface area contributed by atoms with Gasteiger partial charge in [0.15, 0.2) is 0 Å². The van der Waals surface area contributed by atoms with E-state index in [4.69, 9.17) is 4.42 Å². The van der Waals surface area contributed by atoms with E-state index in [1.54, 1.807) is 0 Å². The summed E-state index contributed by atoms with van der Waals surface area (Å²) in [7, 11) is -1.79. The van der Waals surface area contributed by atoms with Crippen molar-refractivity contribution in [3.05, 3.63) is 194 Å². The second-order valence-corrected chi connectivity index (χ2v) is 20.7. The van der Waals surface area contributed by atoms with Crippen LogP contribution in [0.4, 0.5) is 0 Å². The van der Waals surface area contributed by atoms with E-state index in [-0.39, 0.29) is 0 Å². The maximum atomic E-state index is 6.32. The lowest BCUT2D eigenvalue weighted by Crippen LogP contribution is -2.49. The highest BCUT2D eigenvalue weighted by Crippen LogP contribution is 2.50. The van der Waals surface area contributed by atoms with Crippen molar-refractivity contribution in [3.8, 4) is 55.6 Å². The van der Waals surface area contributed by atoms with Crippen LogP contribution in [0.25, 0.3) is 110 Å². The molecule has 272 valence electrons. The van der Waals surface area contributed by atoms with Crippen molar-refractivity contribution in [1.29, 1.82) is 0 Å². The second kappa shape index (κ2) is 12.5. The minimum absolute atomic E-state index is 0.903. The molecule has 0 saturated heterocycles. The van der Waals surface area contributed by atoms with Gasteiger partial charge in [0.25, 0.3) is 0 Å². The molecule has 2 heteroatoms. The molecule has 0 fully saturated rings. The highest BCUT2D eigenvalue weighted by atomic mass is 28.3. The van der Waals surface area contributed by atoms with Crippen molar-refractivity contribution in [2.24, 2.45) is 0 Å². The monoisotopic (exact) mass is 754 g/mol. The fraction of sp³-hybridized carbons (Fsp3) is 0.0357. The summed E-state index contributed by atoms with van der Waals surface area (Å²) in [4.78, 5) is 0. The van der Waals surface area contributed by atoms with Gasteiger partial charge in [-0.2, -0.15) is 0 Å². The van der Waals surface area contributed by atoms with Crippen LogP contribution in [-0.2, 0) is 0 Å². The lowest BCUT2D eigenvalue weighted by atomic mass is 9.80. The summed E-state index contributed by atoms with van der Waals surface area (Å²) in [6.07, 6.45) is 0. The first-order valence-electron chi connectivity index (χ1n) is 20.3. The third kappa shape index (κ3) is 4.82. The first-order chi connectivity index (χ1) is 28.5. The third-order valence-corrected chi connectivity index (χ3v) is 16.4. The molecule has 0 aliphatic carbocycles. The molecule has 0 bridgehead atoms. The van der Waals surface area contributed by atoms with Crippen LogP contribution in [0.15, 0.2) is 199 Å². The smallest absolute Gasteiger partial charge is 0.135 e. The summed E-state index contributed by atoms with van der Waals surface area (Å²) in [6, 6.07) is 72.1. The van der Waals surface area contributed by atoms with Crippen molar-refractivity contribution in [2.45, 2.75) is 13.1 Å². The molecule has 0 unspecified atom stereocenters. The summed E-state index contributed by atoms with van der Waals surface area (Å²) in [5, 5.41) is 12.8. The molecule has 0 saturated carbocycles. The fourth-order valence-electron chi connectivity index (χ4n) is 10.1. The van der Waals surface area contributed by atoms with E-state index in [1.807, 2.05) is 6.07 Å². The maximum absolute atomic E-state index is 6.32. The van der Waals surface area contributed by atoms with Gasteiger partial charge >= 0.3 is 0 Å². The highest BCUT2D eigenvalue weighted by molar-refractivity contribution is 7.03. The van der Waals surface area contributed by atoms with Gasteiger partial charge in [-0.15, -0.1) is 0 Å². The summed E-state index contributed by atoms with van der Waals surface area (Å²) < 4.78 is 6.32. The molecule has 1 aliphatic heterocycles. The van der Waals surface area contributed by atoms with E-state index in [1.165, 1.54) is 92.8 Å². The Labute approximate surface area is 338 Å². The molecule has 58 heavy (non-hydrogen) atoms. The van der Waals surface area contributed by atoms with Gasteiger partial charge in [-0.3, -0.25) is 0 Å². The Hall–Kier alpha value is -7.00. The van der Waals surface area contributed by atoms with E-state index < -0.39 is 8.07 Å². The number of para-hydroxylation sites is 1. The molecule has 1 aliphatic rings. The molecule has 10 aromatic carbocycles. The van der Waals surface area contributed by atoms with Crippen LogP contribution >= 0.6 is 0 Å². The number of fused-ring (bicyclic) bond motifs is 9. The largest absolute Gasteiger partial charge is 0.456 e. The molecule has 2 heterocycles. The Morgan fingerprint density at radius 2 is 0.845 bits per heavy atom. The molecule has 1 aromatic heterocycles. The number of hydrogen-bond donors (Lipinski definition) is 0. The standard InChI is InChI=1S/C56H38OSi/c1-58(2)52-25-12-10-17-43(52)49-34-39(29-31-53(49)58)54-44-18-5-7-20-46(44)56(47-21-8-6-19-45(47)54)55-40(37-27-26-35-14-3-4-15-36(35)32-37)22-13-23-41(55)38-28-30-51-48(33-38)42-16-9-11-24-50(42)57-51/h3-34H,1-2H3. The Bertz CT molecular complexity index is 3440. The summed E-state index contributed by atoms with van der Waals surface area (Å²) in [6.45, 7) is 4.99. The minimum atomic E-state index is -1.79. The zero-order chi connectivity index (χ0) is 38.5. The van der Waals surface area contributed by atoms with Crippen LogP contribution in [0.2, 0.25) is 13.1 Å². The molecule has 0 spiro atoms. The Morgan fingerprint density at radius 1 is 0.310 bits per heavy atom. The van der Waals surface area contributed by atoms with E-state index >= 15 is 0 Å². The predicted molar refractivity (Wildman–Crippen MR) is 250 cm³/mol. The molecule has 0 N–H and O–H groups in total.